The van der Waals surface area contributed by atoms with E-state index in [4.69, 9.17) is 4.98 Å². The van der Waals surface area contributed by atoms with Gasteiger partial charge in [0.25, 0.3) is 0 Å². The number of aromatic nitrogens is 4. The summed E-state index contributed by atoms with van der Waals surface area (Å²) in [6, 6.07) is 0. The maximum Gasteiger partial charge on any atom is 0.226 e. The number of piperidine rings is 1. The van der Waals surface area contributed by atoms with Crippen LogP contribution in [0.5, 0.6) is 0 Å². The summed E-state index contributed by atoms with van der Waals surface area (Å²) in [5.74, 6) is 1.55. The van der Waals surface area contributed by atoms with E-state index in [1.807, 2.05) is 20.0 Å². The molecule has 1 saturated carbocycles. The number of nitrogens with zero attached hydrogens (tertiary/aromatic N) is 5. The summed E-state index contributed by atoms with van der Waals surface area (Å²) < 4.78 is 0. The molecule has 2 fully saturated rings. The monoisotopic (exact) mass is 366 g/mol. The molecular weight excluding hydrogens is 340 g/mol. The summed E-state index contributed by atoms with van der Waals surface area (Å²) >= 11 is 0. The number of anilines is 1. The summed E-state index contributed by atoms with van der Waals surface area (Å²) in [5.41, 5.74) is 3.93. The van der Waals surface area contributed by atoms with Crippen molar-refractivity contribution in [3.05, 3.63) is 35.3 Å². The van der Waals surface area contributed by atoms with Crippen LogP contribution in [-0.4, -0.2) is 50.4 Å². The minimum atomic E-state index is -0.269. The summed E-state index contributed by atoms with van der Waals surface area (Å²) in [4.78, 5) is 34.7. The normalized spacial score (nSPS) is 21.4. The van der Waals surface area contributed by atoms with Crippen LogP contribution >= 0.6 is 0 Å². The van der Waals surface area contributed by atoms with Crippen LogP contribution in [0.3, 0.4) is 0 Å². The SMILES string of the molecule is Cc1cnc(C)c(N2CCC3(CC2)c2nc[nH]c2CCN3C(=O)C2CC2)n1. The molecule has 2 aromatic rings. The molecule has 0 unspecified atom stereocenters. The molecule has 1 saturated heterocycles. The minimum Gasteiger partial charge on any atom is -0.355 e. The van der Waals surface area contributed by atoms with E-state index in [1.54, 1.807) is 6.33 Å². The van der Waals surface area contributed by atoms with Gasteiger partial charge in [-0.1, -0.05) is 0 Å². The van der Waals surface area contributed by atoms with E-state index in [1.165, 1.54) is 5.69 Å². The Morgan fingerprint density at radius 3 is 2.70 bits per heavy atom. The molecule has 0 atom stereocenters. The number of hydrogen-bond acceptors (Lipinski definition) is 5. The van der Waals surface area contributed by atoms with Gasteiger partial charge in [-0.3, -0.25) is 9.78 Å². The first-order valence-corrected chi connectivity index (χ1v) is 9.98. The summed E-state index contributed by atoms with van der Waals surface area (Å²) in [6.45, 7) is 6.52. The Bertz CT molecular complexity index is 878. The Morgan fingerprint density at radius 1 is 1.19 bits per heavy atom. The van der Waals surface area contributed by atoms with Gasteiger partial charge in [-0.2, -0.15) is 0 Å². The van der Waals surface area contributed by atoms with Gasteiger partial charge in [-0.25, -0.2) is 9.97 Å². The molecule has 0 bridgehead atoms. The molecule has 142 valence electrons. The lowest BCUT2D eigenvalue weighted by atomic mass is 9.78. The highest BCUT2D eigenvalue weighted by Crippen LogP contribution is 2.45. The lowest BCUT2D eigenvalue weighted by Crippen LogP contribution is -2.59. The van der Waals surface area contributed by atoms with E-state index < -0.39 is 0 Å². The van der Waals surface area contributed by atoms with Crippen LogP contribution in [0.4, 0.5) is 5.82 Å². The van der Waals surface area contributed by atoms with Crippen molar-refractivity contribution in [3.8, 4) is 0 Å². The van der Waals surface area contributed by atoms with Crippen molar-refractivity contribution >= 4 is 11.7 Å². The largest absolute Gasteiger partial charge is 0.355 e. The highest BCUT2D eigenvalue weighted by atomic mass is 16.2. The van der Waals surface area contributed by atoms with E-state index in [2.05, 4.69) is 24.8 Å². The van der Waals surface area contributed by atoms with Crippen LogP contribution in [0.1, 0.15) is 48.5 Å². The Morgan fingerprint density at radius 2 is 1.96 bits per heavy atom. The van der Waals surface area contributed by atoms with Gasteiger partial charge in [0, 0.05) is 43.9 Å². The average Bonchev–Trinajstić information content (AvgIpc) is 3.41. The fraction of sp³-hybridized carbons (Fsp3) is 0.600. The topological polar surface area (TPSA) is 78.0 Å². The molecule has 0 aromatic carbocycles. The van der Waals surface area contributed by atoms with Crippen LogP contribution in [0, 0.1) is 19.8 Å². The highest BCUT2D eigenvalue weighted by molar-refractivity contribution is 5.82. The lowest BCUT2D eigenvalue weighted by molar-refractivity contribution is -0.142. The van der Waals surface area contributed by atoms with Crippen molar-refractivity contribution in [2.24, 2.45) is 5.92 Å². The predicted molar refractivity (Wildman–Crippen MR) is 101 cm³/mol. The Labute approximate surface area is 159 Å². The molecule has 1 amide bonds. The molecule has 1 spiro atoms. The number of rotatable bonds is 2. The van der Waals surface area contributed by atoms with E-state index >= 15 is 0 Å². The molecule has 7 nitrogen and oxygen atoms in total. The lowest BCUT2D eigenvalue weighted by Gasteiger charge is -2.51. The number of aromatic amines is 1. The zero-order valence-electron chi connectivity index (χ0n) is 16.0. The van der Waals surface area contributed by atoms with Crippen LogP contribution in [0.25, 0.3) is 0 Å². The van der Waals surface area contributed by atoms with E-state index in [0.717, 1.165) is 74.6 Å². The number of hydrogen-bond donors (Lipinski definition) is 1. The standard InChI is InChI=1S/C20H26N6O/c1-13-11-21-14(2)18(24-13)25-9-6-20(7-10-25)17-16(22-12-23-17)5-8-26(20)19(27)15-3-4-15/h11-12,15H,3-10H2,1-2H3,(H,22,23). The molecule has 27 heavy (non-hydrogen) atoms. The van der Waals surface area contributed by atoms with Crippen molar-refractivity contribution < 1.29 is 4.79 Å². The van der Waals surface area contributed by atoms with Gasteiger partial charge in [0.2, 0.25) is 5.91 Å². The maximum absolute atomic E-state index is 13.1. The molecule has 4 heterocycles. The van der Waals surface area contributed by atoms with Crippen molar-refractivity contribution in [2.45, 2.75) is 51.5 Å². The fourth-order valence-corrected chi connectivity index (χ4v) is 4.77. The first kappa shape index (κ1) is 16.7. The van der Waals surface area contributed by atoms with E-state index in [0.29, 0.717) is 5.91 Å². The van der Waals surface area contributed by atoms with Gasteiger partial charge in [0.1, 0.15) is 5.82 Å². The summed E-state index contributed by atoms with van der Waals surface area (Å²) in [5, 5.41) is 0. The fourth-order valence-electron chi connectivity index (χ4n) is 4.77. The summed E-state index contributed by atoms with van der Waals surface area (Å²) in [7, 11) is 0. The predicted octanol–water partition coefficient (Wildman–Crippen LogP) is 2.11. The van der Waals surface area contributed by atoms with Crippen molar-refractivity contribution in [1.29, 1.82) is 0 Å². The van der Waals surface area contributed by atoms with Gasteiger partial charge in [0.05, 0.1) is 28.9 Å². The number of carbonyl (C=O) groups is 1. The molecule has 2 aliphatic heterocycles. The Balaban J connectivity index is 1.46. The number of amides is 1. The summed E-state index contributed by atoms with van der Waals surface area (Å²) in [6.07, 6.45) is 8.35. The molecule has 3 aliphatic rings. The van der Waals surface area contributed by atoms with Crippen molar-refractivity contribution in [3.63, 3.8) is 0 Å². The number of fused-ring (bicyclic) bond motifs is 2. The molecule has 2 aromatic heterocycles. The number of imidazole rings is 1. The second-order valence-electron chi connectivity index (χ2n) is 8.18. The smallest absolute Gasteiger partial charge is 0.226 e. The quantitative estimate of drug-likeness (QED) is 0.881. The molecule has 7 heteroatoms. The van der Waals surface area contributed by atoms with E-state index in [-0.39, 0.29) is 11.5 Å². The minimum absolute atomic E-state index is 0.241. The van der Waals surface area contributed by atoms with Gasteiger partial charge in [-0.05, 0) is 39.5 Å². The third kappa shape index (κ3) is 2.63. The van der Waals surface area contributed by atoms with Gasteiger partial charge < -0.3 is 14.8 Å². The molecule has 0 radical (unpaired) electrons. The number of nitrogens with one attached hydrogen (secondary N) is 1. The Hall–Kier alpha value is -2.44. The molecule has 1 N–H and O–H groups in total. The number of aryl methyl sites for hydroxylation is 2. The van der Waals surface area contributed by atoms with Crippen LogP contribution < -0.4 is 4.90 Å². The number of carbonyl (C=O) groups excluding carboxylic acids is 1. The number of H-pyrrole nitrogens is 1. The van der Waals surface area contributed by atoms with Crippen molar-refractivity contribution in [1.82, 2.24) is 24.8 Å². The first-order chi connectivity index (χ1) is 13.1. The zero-order valence-corrected chi connectivity index (χ0v) is 16.0. The highest BCUT2D eigenvalue weighted by Gasteiger charge is 2.51. The van der Waals surface area contributed by atoms with Crippen LogP contribution in [-0.2, 0) is 16.8 Å². The Kier molecular flexibility index (Phi) is 3.74. The van der Waals surface area contributed by atoms with Gasteiger partial charge in [-0.15, -0.1) is 0 Å². The van der Waals surface area contributed by atoms with Crippen molar-refractivity contribution in [2.75, 3.05) is 24.5 Å². The van der Waals surface area contributed by atoms with Crippen LogP contribution in [0.15, 0.2) is 12.5 Å². The molecular formula is C20H26N6O. The first-order valence-electron chi connectivity index (χ1n) is 9.98. The third-order valence-corrected chi connectivity index (χ3v) is 6.39. The maximum atomic E-state index is 13.1. The second-order valence-corrected chi connectivity index (χ2v) is 8.18. The molecule has 1 aliphatic carbocycles. The van der Waals surface area contributed by atoms with E-state index in [9.17, 15) is 4.79 Å². The third-order valence-electron chi connectivity index (χ3n) is 6.39. The second kappa shape index (κ2) is 6.04. The molecule has 5 rings (SSSR count). The average molecular weight is 366 g/mol. The van der Waals surface area contributed by atoms with Crippen LogP contribution in [0.2, 0.25) is 0 Å². The van der Waals surface area contributed by atoms with Gasteiger partial charge in [0.15, 0.2) is 0 Å². The zero-order chi connectivity index (χ0) is 18.6. The van der Waals surface area contributed by atoms with Gasteiger partial charge >= 0.3 is 0 Å².